The lowest BCUT2D eigenvalue weighted by atomic mass is 9.79. The van der Waals surface area contributed by atoms with E-state index in [0.717, 1.165) is 12.3 Å². The first-order valence-electron chi connectivity index (χ1n) is 6.55. The third-order valence-corrected chi connectivity index (χ3v) is 4.23. The molecule has 0 radical (unpaired) electrons. The predicted octanol–water partition coefficient (Wildman–Crippen LogP) is 1.16. The van der Waals surface area contributed by atoms with Crippen LogP contribution < -0.4 is 5.32 Å². The maximum atomic E-state index is 11.8. The van der Waals surface area contributed by atoms with Gasteiger partial charge in [-0.3, -0.25) is 14.5 Å². The van der Waals surface area contributed by atoms with Gasteiger partial charge in [-0.2, -0.15) is 0 Å². The molecular formula is C13H22N2O2. The minimum Gasteiger partial charge on any atom is -0.302 e. The Balaban J connectivity index is 1.93. The smallest absolute Gasteiger partial charge is 0.246 e. The van der Waals surface area contributed by atoms with Gasteiger partial charge in [0.05, 0.1) is 12.5 Å². The molecule has 4 heteroatoms. The van der Waals surface area contributed by atoms with Crippen molar-refractivity contribution in [3.05, 3.63) is 0 Å². The van der Waals surface area contributed by atoms with Crippen molar-refractivity contribution in [2.24, 2.45) is 11.8 Å². The second-order valence-corrected chi connectivity index (χ2v) is 5.72. The van der Waals surface area contributed by atoms with Gasteiger partial charge in [0, 0.05) is 13.1 Å². The van der Waals surface area contributed by atoms with Crippen LogP contribution in [0, 0.1) is 11.8 Å². The van der Waals surface area contributed by atoms with Crippen LogP contribution in [0.25, 0.3) is 0 Å². The molecule has 17 heavy (non-hydrogen) atoms. The monoisotopic (exact) mass is 238 g/mol. The SMILES string of the molecule is CC1CCC(NC2CC(=O)N(C)C2=O)C(C)C1. The van der Waals surface area contributed by atoms with Crippen molar-refractivity contribution < 1.29 is 9.59 Å². The molecule has 2 amide bonds. The highest BCUT2D eigenvalue weighted by molar-refractivity contribution is 6.05. The van der Waals surface area contributed by atoms with Gasteiger partial charge in [-0.15, -0.1) is 0 Å². The number of rotatable bonds is 2. The minimum absolute atomic E-state index is 0.0654. The van der Waals surface area contributed by atoms with E-state index in [9.17, 15) is 9.59 Å². The molecule has 4 unspecified atom stereocenters. The van der Waals surface area contributed by atoms with Crippen molar-refractivity contribution in [2.75, 3.05) is 7.05 Å². The van der Waals surface area contributed by atoms with E-state index in [1.165, 1.54) is 17.7 Å². The summed E-state index contributed by atoms with van der Waals surface area (Å²) in [6.45, 7) is 4.52. The molecule has 0 aromatic heterocycles. The number of carbonyl (C=O) groups is 2. The minimum atomic E-state index is -0.284. The van der Waals surface area contributed by atoms with Crippen LogP contribution in [-0.4, -0.2) is 35.8 Å². The van der Waals surface area contributed by atoms with Crippen molar-refractivity contribution >= 4 is 11.8 Å². The lowest BCUT2D eigenvalue weighted by Gasteiger charge is -2.34. The number of amides is 2. The summed E-state index contributed by atoms with van der Waals surface area (Å²) in [5.41, 5.74) is 0. The highest BCUT2D eigenvalue weighted by atomic mass is 16.2. The molecule has 0 aromatic rings. The van der Waals surface area contributed by atoms with Gasteiger partial charge >= 0.3 is 0 Å². The van der Waals surface area contributed by atoms with Gasteiger partial charge in [0.25, 0.3) is 0 Å². The zero-order valence-corrected chi connectivity index (χ0v) is 10.9. The normalized spacial score (nSPS) is 38.9. The summed E-state index contributed by atoms with van der Waals surface area (Å²) in [5.74, 6) is 1.24. The van der Waals surface area contributed by atoms with E-state index < -0.39 is 0 Å². The number of hydrogen-bond acceptors (Lipinski definition) is 3. The molecule has 0 bridgehead atoms. The predicted molar refractivity (Wildman–Crippen MR) is 65.3 cm³/mol. The second kappa shape index (κ2) is 4.77. The van der Waals surface area contributed by atoms with Crippen LogP contribution in [-0.2, 0) is 9.59 Å². The number of hydrogen-bond donors (Lipinski definition) is 1. The Hall–Kier alpha value is -0.900. The zero-order valence-electron chi connectivity index (χ0n) is 10.9. The van der Waals surface area contributed by atoms with E-state index in [1.54, 1.807) is 7.05 Å². The fraction of sp³-hybridized carbons (Fsp3) is 0.846. The largest absolute Gasteiger partial charge is 0.302 e. The quantitative estimate of drug-likeness (QED) is 0.734. The van der Waals surface area contributed by atoms with E-state index in [4.69, 9.17) is 0 Å². The zero-order chi connectivity index (χ0) is 12.6. The first-order chi connectivity index (χ1) is 7.99. The molecule has 4 nitrogen and oxygen atoms in total. The van der Waals surface area contributed by atoms with Gasteiger partial charge < -0.3 is 5.32 Å². The Morgan fingerprint density at radius 1 is 1.24 bits per heavy atom. The van der Waals surface area contributed by atoms with Gasteiger partial charge in [-0.25, -0.2) is 0 Å². The van der Waals surface area contributed by atoms with E-state index in [0.29, 0.717) is 18.4 Å². The Bertz CT molecular complexity index is 329. The highest BCUT2D eigenvalue weighted by Crippen LogP contribution is 2.29. The molecule has 1 saturated carbocycles. The summed E-state index contributed by atoms with van der Waals surface area (Å²) in [4.78, 5) is 24.5. The second-order valence-electron chi connectivity index (χ2n) is 5.72. The Labute approximate surface area is 103 Å². The van der Waals surface area contributed by atoms with Crippen molar-refractivity contribution in [2.45, 2.75) is 51.6 Å². The van der Waals surface area contributed by atoms with E-state index >= 15 is 0 Å². The number of carbonyl (C=O) groups excluding carboxylic acids is 2. The number of nitrogens with one attached hydrogen (secondary N) is 1. The highest BCUT2D eigenvalue weighted by Gasteiger charge is 2.38. The lowest BCUT2D eigenvalue weighted by molar-refractivity contribution is -0.137. The fourth-order valence-electron chi connectivity index (χ4n) is 3.06. The number of likely N-dealkylation sites (tertiary alicyclic amines) is 1. The number of imide groups is 1. The third kappa shape index (κ3) is 2.51. The average Bonchev–Trinajstić information content (AvgIpc) is 2.50. The van der Waals surface area contributed by atoms with E-state index in [2.05, 4.69) is 19.2 Å². The topological polar surface area (TPSA) is 49.4 Å². The Morgan fingerprint density at radius 3 is 2.47 bits per heavy atom. The molecule has 1 saturated heterocycles. The van der Waals surface area contributed by atoms with Crippen molar-refractivity contribution in [3.63, 3.8) is 0 Å². The van der Waals surface area contributed by atoms with E-state index in [-0.39, 0.29) is 17.9 Å². The van der Waals surface area contributed by atoms with Crippen LogP contribution in [0.15, 0.2) is 0 Å². The van der Waals surface area contributed by atoms with Crippen LogP contribution >= 0.6 is 0 Å². The molecule has 4 atom stereocenters. The molecule has 1 aliphatic heterocycles. The third-order valence-electron chi connectivity index (χ3n) is 4.23. The molecule has 0 aromatic carbocycles. The van der Waals surface area contributed by atoms with Crippen molar-refractivity contribution in [1.82, 2.24) is 10.2 Å². The molecule has 2 rings (SSSR count). The molecular weight excluding hydrogens is 216 g/mol. The van der Waals surface area contributed by atoms with Gasteiger partial charge in [0.2, 0.25) is 11.8 Å². The van der Waals surface area contributed by atoms with Crippen LogP contribution in [0.3, 0.4) is 0 Å². The van der Waals surface area contributed by atoms with Crippen molar-refractivity contribution in [1.29, 1.82) is 0 Å². The average molecular weight is 238 g/mol. The molecule has 2 fully saturated rings. The maximum absolute atomic E-state index is 11.8. The number of nitrogens with zero attached hydrogens (tertiary/aromatic N) is 1. The van der Waals surface area contributed by atoms with Gasteiger partial charge in [0.1, 0.15) is 0 Å². The van der Waals surface area contributed by atoms with Crippen LogP contribution in [0.1, 0.15) is 39.5 Å². The first-order valence-corrected chi connectivity index (χ1v) is 6.55. The molecule has 2 aliphatic rings. The van der Waals surface area contributed by atoms with Gasteiger partial charge in [0.15, 0.2) is 0 Å². The summed E-state index contributed by atoms with van der Waals surface area (Å²) in [5, 5.41) is 3.39. The van der Waals surface area contributed by atoms with Gasteiger partial charge in [-0.05, 0) is 31.1 Å². The van der Waals surface area contributed by atoms with Crippen LogP contribution in [0.4, 0.5) is 0 Å². The molecule has 1 aliphatic carbocycles. The van der Waals surface area contributed by atoms with Crippen molar-refractivity contribution in [3.8, 4) is 0 Å². The van der Waals surface area contributed by atoms with Crippen LogP contribution in [0.2, 0.25) is 0 Å². The summed E-state index contributed by atoms with van der Waals surface area (Å²) in [6, 6.07) is 0.104. The summed E-state index contributed by atoms with van der Waals surface area (Å²) in [6.07, 6.45) is 3.87. The number of likely N-dealkylation sites (N-methyl/N-ethyl adjacent to an activating group) is 1. The molecule has 96 valence electrons. The Kier molecular flexibility index (Phi) is 3.52. The molecule has 1 heterocycles. The standard InChI is InChI=1S/C13H22N2O2/c1-8-4-5-10(9(2)6-8)14-11-7-12(16)15(3)13(11)17/h8-11,14H,4-7H2,1-3H3. The van der Waals surface area contributed by atoms with Crippen LogP contribution in [0.5, 0.6) is 0 Å². The van der Waals surface area contributed by atoms with Gasteiger partial charge in [-0.1, -0.05) is 13.8 Å². The summed E-state index contributed by atoms with van der Waals surface area (Å²) in [7, 11) is 1.57. The van der Waals surface area contributed by atoms with E-state index in [1.807, 2.05) is 0 Å². The Morgan fingerprint density at radius 2 is 1.94 bits per heavy atom. The molecule has 1 N–H and O–H groups in total. The lowest BCUT2D eigenvalue weighted by Crippen LogP contribution is -2.47. The summed E-state index contributed by atoms with van der Waals surface area (Å²) < 4.78 is 0. The maximum Gasteiger partial charge on any atom is 0.246 e. The first kappa shape index (κ1) is 12.6. The molecule has 0 spiro atoms. The fourth-order valence-corrected chi connectivity index (χ4v) is 3.06. The summed E-state index contributed by atoms with van der Waals surface area (Å²) >= 11 is 0.